The molecule has 1 saturated carbocycles. The quantitative estimate of drug-likeness (QED) is 0.828. The fourth-order valence-corrected chi connectivity index (χ4v) is 3.56. The maximum absolute atomic E-state index is 5.97. The number of hydrogen-bond acceptors (Lipinski definition) is 3. The average molecular weight is 337 g/mol. The van der Waals surface area contributed by atoms with Gasteiger partial charge in [-0.05, 0) is 64.8 Å². The lowest BCUT2D eigenvalue weighted by Crippen LogP contribution is -2.25. The van der Waals surface area contributed by atoms with Gasteiger partial charge in [0.1, 0.15) is 0 Å². The number of nitrogens with zero attached hydrogens (tertiary/aromatic N) is 1. The average Bonchev–Trinajstić information content (AvgIpc) is 3.09. The number of rotatable bonds is 4. The van der Waals surface area contributed by atoms with Crippen molar-refractivity contribution in [3.05, 3.63) is 44.6 Å². The van der Waals surface area contributed by atoms with Crippen molar-refractivity contribution in [2.45, 2.75) is 32.4 Å². The topological polar surface area (TPSA) is 29.3 Å². The molecule has 1 fully saturated rings. The van der Waals surface area contributed by atoms with Gasteiger partial charge in [0.15, 0.2) is 0 Å². The number of anilines is 2. The zero-order valence-corrected chi connectivity index (χ0v) is 13.3. The number of hydrogen-bond donors (Lipinski definition) is 1. The van der Waals surface area contributed by atoms with E-state index in [-0.39, 0.29) is 0 Å². The molecule has 3 rings (SSSR count). The molecule has 1 aromatic heterocycles. The van der Waals surface area contributed by atoms with Crippen LogP contribution >= 0.6 is 27.3 Å². The number of nitrogen functional groups attached to an aromatic ring is 1. The Balaban J connectivity index is 1.94. The number of aryl methyl sites for hydroxylation is 1. The summed E-state index contributed by atoms with van der Waals surface area (Å²) in [6.07, 6.45) is 2.59. The molecule has 2 nitrogen and oxygen atoms in total. The van der Waals surface area contributed by atoms with Crippen molar-refractivity contribution in [2.75, 3.05) is 10.6 Å². The second kappa shape index (κ2) is 5.17. The standard InChI is InChI=1S/C15H17BrN2S/c1-10-7-15(13(16)8-14(10)17)18(11-4-5-11)9-12-3-2-6-19-12/h2-3,6-8,11H,4-5,9,17H2,1H3. The van der Waals surface area contributed by atoms with Crippen LogP contribution in [-0.4, -0.2) is 6.04 Å². The lowest BCUT2D eigenvalue weighted by atomic mass is 10.1. The Labute approximate surface area is 126 Å². The van der Waals surface area contributed by atoms with E-state index in [1.807, 2.05) is 17.4 Å². The van der Waals surface area contributed by atoms with E-state index in [0.717, 1.165) is 22.3 Å². The van der Waals surface area contributed by atoms with E-state index in [1.54, 1.807) is 0 Å². The smallest absolute Gasteiger partial charge is 0.0526 e. The van der Waals surface area contributed by atoms with E-state index >= 15 is 0 Å². The highest BCUT2D eigenvalue weighted by Gasteiger charge is 2.30. The van der Waals surface area contributed by atoms with Gasteiger partial charge in [0, 0.05) is 21.1 Å². The molecule has 0 amide bonds. The van der Waals surface area contributed by atoms with Crippen LogP contribution in [0.1, 0.15) is 23.3 Å². The lowest BCUT2D eigenvalue weighted by molar-refractivity contribution is 0.801. The molecule has 0 aliphatic heterocycles. The van der Waals surface area contributed by atoms with Crippen molar-refractivity contribution in [2.24, 2.45) is 0 Å². The highest BCUT2D eigenvalue weighted by atomic mass is 79.9. The SMILES string of the molecule is Cc1cc(N(Cc2cccs2)C2CC2)c(Br)cc1N. The Morgan fingerprint density at radius 1 is 1.42 bits per heavy atom. The Hall–Kier alpha value is -1.00. The summed E-state index contributed by atoms with van der Waals surface area (Å²) in [5.74, 6) is 0. The van der Waals surface area contributed by atoms with Gasteiger partial charge < -0.3 is 10.6 Å². The number of halogens is 1. The molecule has 2 aromatic rings. The summed E-state index contributed by atoms with van der Waals surface area (Å²) in [4.78, 5) is 3.91. The second-order valence-corrected chi connectivity index (χ2v) is 6.99. The molecule has 2 N–H and O–H groups in total. The second-order valence-electron chi connectivity index (χ2n) is 5.10. The predicted molar refractivity (Wildman–Crippen MR) is 86.8 cm³/mol. The fraction of sp³-hybridized carbons (Fsp3) is 0.333. The lowest BCUT2D eigenvalue weighted by Gasteiger charge is -2.26. The molecule has 100 valence electrons. The first-order valence-corrected chi connectivity index (χ1v) is 8.17. The minimum absolute atomic E-state index is 0.682. The zero-order valence-electron chi connectivity index (χ0n) is 10.9. The van der Waals surface area contributed by atoms with Crippen molar-refractivity contribution >= 4 is 38.6 Å². The summed E-state index contributed by atoms with van der Waals surface area (Å²) in [6, 6.07) is 9.23. The Kier molecular flexibility index (Phi) is 3.54. The largest absolute Gasteiger partial charge is 0.398 e. The zero-order chi connectivity index (χ0) is 13.4. The third-order valence-electron chi connectivity index (χ3n) is 3.54. The maximum atomic E-state index is 5.97. The molecule has 1 aromatic carbocycles. The third kappa shape index (κ3) is 2.79. The minimum Gasteiger partial charge on any atom is -0.398 e. The van der Waals surface area contributed by atoms with Crippen molar-refractivity contribution in [3.63, 3.8) is 0 Å². The van der Waals surface area contributed by atoms with Gasteiger partial charge in [-0.3, -0.25) is 0 Å². The molecule has 1 aliphatic rings. The summed E-state index contributed by atoms with van der Waals surface area (Å²) < 4.78 is 1.10. The summed E-state index contributed by atoms with van der Waals surface area (Å²) in [5, 5.41) is 2.14. The van der Waals surface area contributed by atoms with Crippen LogP contribution in [0, 0.1) is 6.92 Å². The molecule has 0 spiro atoms. The van der Waals surface area contributed by atoms with Crippen molar-refractivity contribution in [3.8, 4) is 0 Å². The van der Waals surface area contributed by atoms with E-state index in [9.17, 15) is 0 Å². The molecule has 0 saturated heterocycles. The molecule has 19 heavy (non-hydrogen) atoms. The van der Waals surface area contributed by atoms with Crippen LogP contribution in [0.15, 0.2) is 34.1 Å². The van der Waals surface area contributed by atoms with Gasteiger partial charge in [0.25, 0.3) is 0 Å². The van der Waals surface area contributed by atoms with Crippen LogP contribution in [-0.2, 0) is 6.54 Å². The number of thiophene rings is 1. The molecule has 0 atom stereocenters. The van der Waals surface area contributed by atoms with Gasteiger partial charge >= 0.3 is 0 Å². The molecule has 4 heteroatoms. The monoisotopic (exact) mass is 336 g/mol. The van der Waals surface area contributed by atoms with Crippen LogP contribution in [0.2, 0.25) is 0 Å². The molecule has 0 bridgehead atoms. The first kappa shape index (κ1) is 13.0. The number of nitrogens with two attached hydrogens (primary N) is 1. The number of benzene rings is 1. The van der Waals surface area contributed by atoms with E-state index in [2.05, 4.69) is 51.3 Å². The van der Waals surface area contributed by atoms with E-state index < -0.39 is 0 Å². The summed E-state index contributed by atoms with van der Waals surface area (Å²) in [7, 11) is 0. The highest BCUT2D eigenvalue weighted by molar-refractivity contribution is 9.10. The minimum atomic E-state index is 0.682. The van der Waals surface area contributed by atoms with Crippen LogP contribution in [0.25, 0.3) is 0 Å². The summed E-state index contributed by atoms with van der Waals surface area (Å²) in [6.45, 7) is 3.06. The van der Waals surface area contributed by atoms with E-state index in [0.29, 0.717) is 6.04 Å². The van der Waals surface area contributed by atoms with Gasteiger partial charge in [-0.2, -0.15) is 0 Å². The van der Waals surface area contributed by atoms with Gasteiger partial charge in [-0.1, -0.05) is 6.07 Å². The third-order valence-corrected chi connectivity index (χ3v) is 5.04. The Bertz CT molecular complexity index is 576. The maximum Gasteiger partial charge on any atom is 0.0526 e. The first-order valence-electron chi connectivity index (χ1n) is 6.50. The fourth-order valence-electron chi connectivity index (χ4n) is 2.27. The van der Waals surface area contributed by atoms with Gasteiger partial charge in [0.05, 0.1) is 12.2 Å². The van der Waals surface area contributed by atoms with Crippen molar-refractivity contribution < 1.29 is 0 Å². The van der Waals surface area contributed by atoms with Crippen LogP contribution in [0.5, 0.6) is 0 Å². The molecular formula is C15H17BrN2S. The Morgan fingerprint density at radius 2 is 2.21 bits per heavy atom. The van der Waals surface area contributed by atoms with Gasteiger partial charge in [-0.25, -0.2) is 0 Å². The van der Waals surface area contributed by atoms with Crippen molar-refractivity contribution in [1.82, 2.24) is 0 Å². The normalized spacial score (nSPS) is 14.6. The van der Waals surface area contributed by atoms with Crippen molar-refractivity contribution in [1.29, 1.82) is 0 Å². The molecule has 0 unspecified atom stereocenters. The van der Waals surface area contributed by atoms with Crippen LogP contribution in [0.3, 0.4) is 0 Å². The Morgan fingerprint density at radius 3 is 2.84 bits per heavy atom. The summed E-state index contributed by atoms with van der Waals surface area (Å²) in [5.41, 5.74) is 9.24. The highest BCUT2D eigenvalue weighted by Crippen LogP contribution is 2.39. The first-order chi connectivity index (χ1) is 9.15. The molecule has 0 radical (unpaired) electrons. The van der Waals surface area contributed by atoms with Crippen LogP contribution in [0.4, 0.5) is 11.4 Å². The molecular weight excluding hydrogens is 320 g/mol. The summed E-state index contributed by atoms with van der Waals surface area (Å²) >= 11 is 5.49. The predicted octanol–water partition coefficient (Wildman–Crippen LogP) is 4.57. The molecule has 1 aliphatic carbocycles. The van der Waals surface area contributed by atoms with E-state index in [1.165, 1.54) is 23.4 Å². The molecule has 1 heterocycles. The van der Waals surface area contributed by atoms with Crippen LogP contribution < -0.4 is 10.6 Å². The van der Waals surface area contributed by atoms with E-state index in [4.69, 9.17) is 5.73 Å². The van der Waals surface area contributed by atoms with Gasteiger partial charge in [0.2, 0.25) is 0 Å². The van der Waals surface area contributed by atoms with Gasteiger partial charge in [-0.15, -0.1) is 11.3 Å².